The molecule has 3 atom stereocenters. The van der Waals surface area contributed by atoms with E-state index in [0.29, 0.717) is 19.6 Å². The van der Waals surface area contributed by atoms with Crippen molar-refractivity contribution in [1.29, 1.82) is 0 Å². The number of urea groups is 1. The molecule has 8 heteroatoms. The van der Waals surface area contributed by atoms with Crippen LogP contribution in [0.2, 0.25) is 0 Å². The van der Waals surface area contributed by atoms with E-state index in [-0.39, 0.29) is 30.3 Å². The van der Waals surface area contributed by atoms with Gasteiger partial charge in [0.25, 0.3) is 0 Å². The number of likely N-dealkylation sites (N-methyl/N-ethyl adjacent to an activating group) is 1. The predicted octanol–water partition coefficient (Wildman–Crippen LogP) is 3.49. The molecule has 4 amide bonds. The molecule has 8 nitrogen and oxygen atoms in total. The lowest BCUT2D eigenvalue weighted by Gasteiger charge is -2.55. The second-order valence-corrected chi connectivity index (χ2v) is 10.1. The maximum Gasteiger partial charge on any atom is 0.334 e. The van der Waals surface area contributed by atoms with E-state index in [2.05, 4.69) is 17.4 Å². The minimum Gasteiger partial charge on any atom is -0.337 e. The van der Waals surface area contributed by atoms with Crippen molar-refractivity contribution in [3.8, 4) is 0 Å². The lowest BCUT2D eigenvalue weighted by Crippen LogP contribution is -2.76. The third kappa shape index (κ3) is 6.13. The zero-order chi connectivity index (χ0) is 26.4. The SMILES string of the molecule is CCC(C)[C@H]1C(=O)N(CCCCc2ccccc2)C[C@H]2N1C(=O)CN(C)N2C(=O)NCc1ccccc1. The Kier molecular flexibility index (Phi) is 8.82. The number of amides is 4. The summed E-state index contributed by atoms with van der Waals surface area (Å²) in [7, 11) is 1.76. The molecule has 0 aromatic heterocycles. The Bertz CT molecular complexity index is 1060. The van der Waals surface area contributed by atoms with Gasteiger partial charge in [0, 0.05) is 20.1 Å². The molecule has 198 valence electrons. The average molecular weight is 506 g/mol. The summed E-state index contributed by atoms with van der Waals surface area (Å²) in [6, 6.07) is 19.3. The summed E-state index contributed by atoms with van der Waals surface area (Å²) in [4.78, 5) is 43.9. The molecule has 0 radical (unpaired) electrons. The summed E-state index contributed by atoms with van der Waals surface area (Å²) in [6.45, 7) is 5.43. The Labute approximate surface area is 220 Å². The van der Waals surface area contributed by atoms with Crippen LogP contribution in [0.25, 0.3) is 0 Å². The van der Waals surface area contributed by atoms with Crippen molar-refractivity contribution in [3.63, 3.8) is 0 Å². The van der Waals surface area contributed by atoms with Crippen LogP contribution in [0, 0.1) is 5.92 Å². The summed E-state index contributed by atoms with van der Waals surface area (Å²) in [6.07, 6.45) is 3.03. The molecule has 0 bridgehead atoms. The Hall–Kier alpha value is -3.39. The van der Waals surface area contributed by atoms with Crippen LogP contribution in [-0.4, -0.2) is 76.6 Å². The van der Waals surface area contributed by atoms with Gasteiger partial charge in [-0.1, -0.05) is 80.9 Å². The van der Waals surface area contributed by atoms with Crippen molar-refractivity contribution >= 4 is 17.8 Å². The molecular formula is C29H39N5O3. The summed E-state index contributed by atoms with van der Waals surface area (Å²) in [5.74, 6) is -0.126. The molecule has 4 rings (SSSR count). The Balaban J connectivity index is 1.50. The quantitative estimate of drug-likeness (QED) is 0.530. The topological polar surface area (TPSA) is 76.2 Å². The number of fused-ring (bicyclic) bond motifs is 1. The van der Waals surface area contributed by atoms with Crippen molar-refractivity contribution in [2.24, 2.45) is 5.92 Å². The number of hydrazine groups is 1. The van der Waals surface area contributed by atoms with E-state index in [0.717, 1.165) is 31.2 Å². The highest BCUT2D eigenvalue weighted by atomic mass is 16.2. The third-order valence-electron chi connectivity index (χ3n) is 7.54. The average Bonchev–Trinajstić information content (AvgIpc) is 2.91. The smallest absolute Gasteiger partial charge is 0.334 e. The highest BCUT2D eigenvalue weighted by Crippen LogP contribution is 2.30. The monoisotopic (exact) mass is 505 g/mol. The Morgan fingerprint density at radius 2 is 1.65 bits per heavy atom. The van der Waals surface area contributed by atoms with Gasteiger partial charge in [-0.25, -0.2) is 14.8 Å². The lowest BCUT2D eigenvalue weighted by molar-refractivity contribution is -0.190. The van der Waals surface area contributed by atoms with E-state index < -0.39 is 12.2 Å². The van der Waals surface area contributed by atoms with E-state index in [9.17, 15) is 14.4 Å². The van der Waals surface area contributed by atoms with Crippen molar-refractivity contribution in [1.82, 2.24) is 25.1 Å². The lowest BCUT2D eigenvalue weighted by atomic mass is 9.92. The first-order chi connectivity index (χ1) is 17.9. The fourth-order valence-corrected chi connectivity index (χ4v) is 5.33. The van der Waals surface area contributed by atoms with Gasteiger partial charge >= 0.3 is 6.03 Å². The van der Waals surface area contributed by atoms with E-state index in [1.807, 2.05) is 67.3 Å². The van der Waals surface area contributed by atoms with Crippen molar-refractivity contribution < 1.29 is 14.4 Å². The van der Waals surface area contributed by atoms with Crippen molar-refractivity contribution in [2.75, 3.05) is 26.7 Å². The number of piperazine rings is 1. The molecule has 1 unspecified atom stereocenters. The van der Waals surface area contributed by atoms with Gasteiger partial charge in [-0.3, -0.25) is 9.59 Å². The predicted molar refractivity (Wildman–Crippen MR) is 143 cm³/mol. The normalized spacial score (nSPS) is 21.1. The molecule has 2 aromatic rings. The number of carbonyl (C=O) groups is 3. The largest absolute Gasteiger partial charge is 0.337 e. The number of benzene rings is 2. The number of carbonyl (C=O) groups excluding carboxylic acids is 3. The maximum atomic E-state index is 13.7. The number of aryl methyl sites for hydroxylation is 1. The molecule has 2 aliphatic heterocycles. The summed E-state index contributed by atoms with van der Waals surface area (Å²) >= 11 is 0. The number of rotatable bonds is 9. The molecule has 2 heterocycles. The van der Waals surface area contributed by atoms with Crippen LogP contribution in [0.3, 0.4) is 0 Å². The van der Waals surface area contributed by atoms with Gasteiger partial charge in [0.15, 0.2) is 0 Å². The standard InChI is InChI=1S/C29H39N5O3/c1-4-22(2)27-28(36)32(18-12-11-15-23-13-7-5-8-14-23)20-25-33(27)26(35)21-31(3)34(25)29(37)30-19-24-16-9-6-10-17-24/h5-10,13-14,16-17,22,25,27H,4,11-12,15,18-21H2,1-3H3,(H,30,37)/t22?,25-,27-/m0/s1. The molecule has 2 fully saturated rings. The minimum atomic E-state index is -0.566. The second kappa shape index (κ2) is 12.2. The molecule has 2 saturated heterocycles. The minimum absolute atomic E-state index is 0.00661. The summed E-state index contributed by atoms with van der Waals surface area (Å²) < 4.78 is 0. The molecule has 0 spiro atoms. The maximum absolute atomic E-state index is 13.7. The van der Waals surface area contributed by atoms with Gasteiger partial charge in [0.2, 0.25) is 11.8 Å². The van der Waals surface area contributed by atoms with Gasteiger partial charge in [-0.05, 0) is 36.3 Å². The van der Waals surface area contributed by atoms with Gasteiger partial charge in [-0.2, -0.15) is 0 Å². The van der Waals surface area contributed by atoms with Crippen LogP contribution in [-0.2, 0) is 22.6 Å². The molecule has 2 aromatic carbocycles. The fraction of sp³-hybridized carbons (Fsp3) is 0.483. The first kappa shape index (κ1) is 26.7. The van der Waals surface area contributed by atoms with Gasteiger partial charge in [-0.15, -0.1) is 0 Å². The second-order valence-electron chi connectivity index (χ2n) is 10.1. The molecule has 1 N–H and O–H groups in total. The van der Waals surface area contributed by atoms with Gasteiger partial charge in [0.1, 0.15) is 12.2 Å². The van der Waals surface area contributed by atoms with Gasteiger partial charge in [0.05, 0.1) is 13.1 Å². The number of nitrogens with zero attached hydrogens (tertiary/aromatic N) is 4. The van der Waals surface area contributed by atoms with Crippen molar-refractivity contribution in [3.05, 3.63) is 71.8 Å². The summed E-state index contributed by atoms with van der Waals surface area (Å²) in [5.41, 5.74) is 2.29. The van der Waals surface area contributed by atoms with E-state index in [1.54, 1.807) is 22.0 Å². The van der Waals surface area contributed by atoms with Crippen LogP contribution in [0.15, 0.2) is 60.7 Å². The first-order valence-electron chi connectivity index (χ1n) is 13.4. The summed E-state index contributed by atoms with van der Waals surface area (Å²) in [5, 5.41) is 6.31. The zero-order valence-corrected chi connectivity index (χ0v) is 22.2. The highest BCUT2D eigenvalue weighted by Gasteiger charge is 2.51. The van der Waals surface area contributed by atoms with Crippen LogP contribution >= 0.6 is 0 Å². The van der Waals surface area contributed by atoms with E-state index in [4.69, 9.17) is 0 Å². The first-order valence-corrected chi connectivity index (χ1v) is 13.4. The van der Waals surface area contributed by atoms with Crippen molar-refractivity contribution in [2.45, 2.75) is 58.3 Å². The van der Waals surface area contributed by atoms with Crippen LogP contribution in [0.4, 0.5) is 4.79 Å². The molecule has 0 saturated carbocycles. The van der Waals surface area contributed by atoms with Crippen LogP contribution < -0.4 is 5.32 Å². The molecule has 2 aliphatic rings. The number of hydrogen-bond donors (Lipinski definition) is 1. The number of unbranched alkanes of at least 4 members (excludes halogenated alkanes) is 1. The van der Waals surface area contributed by atoms with E-state index >= 15 is 0 Å². The fourth-order valence-electron chi connectivity index (χ4n) is 5.33. The Morgan fingerprint density at radius 1 is 1.00 bits per heavy atom. The number of nitrogens with one attached hydrogen (secondary N) is 1. The third-order valence-corrected chi connectivity index (χ3v) is 7.54. The number of hydrogen-bond acceptors (Lipinski definition) is 4. The van der Waals surface area contributed by atoms with Gasteiger partial charge < -0.3 is 15.1 Å². The Morgan fingerprint density at radius 3 is 2.30 bits per heavy atom. The van der Waals surface area contributed by atoms with E-state index in [1.165, 1.54) is 5.56 Å². The molecule has 37 heavy (non-hydrogen) atoms. The molecular weight excluding hydrogens is 466 g/mol. The van der Waals surface area contributed by atoms with Crippen LogP contribution in [0.1, 0.15) is 44.2 Å². The zero-order valence-electron chi connectivity index (χ0n) is 22.2. The highest BCUT2D eigenvalue weighted by molar-refractivity contribution is 5.91. The molecule has 0 aliphatic carbocycles. The van der Waals surface area contributed by atoms with Crippen LogP contribution in [0.5, 0.6) is 0 Å².